The van der Waals surface area contributed by atoms with Crippen molar-refractivity contribution in [1.29, 1.82) is 0 Å². The molecule has 27 heavy (non-hydrogen) atoms. The van der Waals surface area contributed by atoms with Crippen LogP contribution >= 0.6 is 0 Å². The Balaban J connectivity index is 1.10. The van der Waals surface area contributed by atoms with Gasteiger partial charge in [0.1, 0.15) is 23.5 Å². The first-order chi connectivity index (χ1) is 13.1. The molecule has 2 aromatic rings. The number of hydrogen-bond donors (Lipinski definition) is 1. The summed E-state index contributed by atoms with van der Waals surface area (Å²) in [5, 5.41) is 1.23. The maximum atomic E-state index is 12.6. The van der Waals surface area contributed by atoms with Gasteiger partial charge >= 0.3 is 0 Å². The van der Waals surface area contributed by atoms with Gasteiger partial charge in [-0.1, -0.05) is 0 Å². The summed E-state index contributed by atoms with van der Waals surface area (Å²) in [6.07, 6.45) is 7.68. The van der Waals surface area contributed by atoms with Crippen molar-refractivity contribution in [3.8, 4) is 0 Å². The Hall–Kier alpha value is -1.80. The van der Waals surface area contributed by atoms with Gasteiger partial charge in [0, 0.05) is 31.1 Å². The molecule has 1 atom stereocenters. The van der Waals surface area contributed by atoms with Gasteiger partial charge in [0.2, 0.25) is 5.91 Å². The quantitative estimate of drug-likeness (QED) is 0.760. The van der Waals surface area contributed by atoms with Crippen LogP contribution in [-0.4, -0.2) is 67.5 Å². The van der Waals surface area contributed by atoms with Crippen molar-refractivity contribution < 1.29 is 9.35 Å². The summed E-state index contributed by atoms with van der Waals surface area (Å²) in [5.41, 5.74) is 0.860. The number of hydrogen-bond acceptors (Lipinski definition) is 5. The Bertz CT molecular complexity index is 841. The number of carbonyl (C=O) groups is 1. The van der Waals surface area contributed by atoms with Crippen molar-refractivity contribution in [2.75, 3.05) is 30.8 Å². The lowest BCUT2D eigenvalue weighted by Gasteiger charge is -2.44. The molecule has 0 spiro atoms. The van der Waals surface area contributed by atoms with Gasteiger partial charge in [0.15, 0.2) is 5.25 Å². The Kier molecular flexibility index (Phi) is 4.27. The van der Waals surface area contributed by atoms with E-state index in [0.29, 0.717) is 25.0 Å². The lowest BCUT2D eigenvalue weighted by molar-refractivity contribution is -0.135. The van der Waals surface area contributed by atoms with Gasteiger partial charge in [-0.05, 0) is 42.9 Å². The van der Waals surface area contributed by atoms with Gasteiger partial charge in [0.05, 0.1) is 18.5 Å². The van der Waals surface area contributed by atoms with E-state index in [1.54, 1.807) is 6.33 Å². The zero-order chi connectivity index (χ0) is 18.5. The number of nitrogens with zero attached hydrogens (tertiary/aromatic N) is 4. The lowest BCUT2D eigenvalue weighted by Crippen LogP contribution is -2.58. The molecule has 1 saturated heterocycles. The Morgan fingerprint density at radius 3 is 2.89 bits per heavy atom. The predicted octanol–water partition coefficient (Wildman–Crippen LogP) is 1.54. The molecule has 0 bridgehead atoms. The molecule has 1 unspecified atom stereocenters. The smallest absolute Gasteiger partial charge is 0.226 e. The summed E-state index contributed by atoms with van der Waals surface area (Å²) in [6.45, 7) is 1.40. The van der Waals surface area contributed by atoms with Crippen molar-refractivity contribution in [1.82, 2.24) is 19.9 Å². The maximum absolute atomic E-state index is 12.6. The molecule has 0 radical (unpaired) electrons. The molecule has 2 aromatic heterocycles. The van der Waals surface area contributed by atoms with Crippen LogP contribution in [0.25, 0.3) is 11.0 Å². The zero-order valence-corrected chi connectivity index (χ0v) is 16.3. The molecule has 8 heteroatoms. The number of rotatable bonds is 6. The van der Waals surface area contributed by atoms with Gasteiger partial charge in [-0.3, -0.25) is 4.79 Å². The van der Waals surface area contributed by atoms with E-state index in [1.165, 1.54) is 0 Å². The predicted molar refractivity (Wildman–Crippen MR) is 105 cm³/mol. The number of amides is 1. The SMILES string of the molecule is CN(c1ncnc2[nH]ccc12)[C@H]1C[C@@H](C[S+]([O-])C2CN(C(=O)C3CC3)C2)C1. The zero-order valence-electron chi connectivity index (χ0n) is 15.5. The first kappa shape index (κ1) is 17.3. The molecule has 3 fully saturated rings. The number of carbonyl (C=O) groups excluding carboxylic acids is 1. The van der Waals surface area contributed by atoms with Crippen LogP contribution in [0.5, 0.6) is 0 Å². The van der Waals surface area contributed by atoms with E-state index < -0.39 is 11.2 Å². The highest BCUT2D eigenvalue weighted by molar-refractivity contribution is 7.92. The van der Waals surface area contributed by atoms with E-state index in [1.807, 2.05) is 17.2 Å². The van der Waals surface area contributed by atoms with Crippen LogP contribution in [0, 0.1) is 11.8 Å². The summed E-state index contributed by atoms with van der Waals surface area (Å²) in [6, 6.07) is 2.45. The van der Waals surface area contributed by atoms with E-state index in [2.05, 4.69) is 26.9 Å². The van der Waals surface area contributed by atoms with Gasteiger partial charge < -0.3 is 19.3 Å². The van der Waals surface area contributed by atoms with E-state index in [-0.39, 0.29) is 17.1 Å². The molecular formula is C19H25N5O2S. The normalized spacial score (nSPS) is 26.5. The van der Waals surface area contributed by atoms with Gasteiger partial charge in [0.25, 0.3) is 0 Å². The molecule has 2 aliphatic carbocycles. The number of nitrogens with one attached hydrogen (secondary N) is 1. The fraction of sp³-hybridized carbons (Fsp3) is 0.632. The molecule has 144 valence electrons. The second-order valence-electron chi connectivity index (χ2n) is 8.23. The molecule has 0 aromatic carbocycles. The minimum Gasteiger partial charge on any atom is -0.616 e. The topological polar surface area (TPSA) is 88.2 Å². The third-order valence-electron chi connectivity index (χ3n) is 6.28. The van der Waals surface area contributed by atoms with E-state index in [9.17, 15) is 9.35 Å². The molecule has 1 amide bonds. The molecular weight excluding hydrogens is 362 g/mol. The van der Waals surface area contributed by atoms with E-state index in [0.717, 1.165) is 48.3 Å². The third kappa shape index (κ3) is 3.18. The first-order valence-corrected chi connectivity index (χ1v) is 11.1. The van der Waals surface area contributed by atoms with Gasteiger partial charge in [-0.25, -0.2) is 9.97 Å². The fourth-order valence-electron chi connectivity index (χ4n) is 4.21. The van der Waals surface area contributed by atoms with Gasteiger partial charge in [-0.15, -0.1) is 0 Å². The maximum Gasteiger partial charge on any atom is 0.226 e. The number of anilines is 1. The van der Waals surface area contributed by atoms with Crippen LogP contribution in [0.3, 0.4) is 0 Å². The summed E-state index contributed by atoms with van der Waals surface area (Å²) >= 11 is -0.818. The van der Waals surface area contributed by atoms with Crippen molar-refractivity contribution >= 4 is 33.9 Å². The first-order valence-electron chi connectivity index (χ1n) is 9.77. The average Bonchev–Trinajstić information content (AvgIpc) is 3.32. The molecule has 1 aliphatic heterocycles. The largest absolute Gasteiger partial charge is 0.616 e. The van der Waals surface area contributed by atoms with Crippen molar-refractivity contribution in [3.63, 3.8) is 0 Å². The molecule has 5 rings (SSSR count). The van der Waals surface area contributed by atoms with Crippen LogP contribution < -0.4 is 4.90 Å². The van der Waals surface area contributed by atoms with Crippen molar-refractivity contribution in [2.24, 2.45) is 11.8 Å². The minimum atomic E-state index is -0.818. The highest BCUT2D eigenvalue weighted by Gasteiger charge is 2.45. The van der Waals surface area contributed by atoms with Crippen LogP contribution in [0.15, 0.2) is 18.6 Å². The summed E-state index contributed by atoms with van der Waals surface area (Å²) in [5.74, 6) is 2.79. The standard InChI is InChI=1S/C19H25N5O2S/c1-23(18-16-4-5-20-17(16)21-11-22-18)14-6-12(7-14)10-27(26)15-8-24(9-15)19(25)13-2-3-13/h4-5,11-15H,2-3,6-10H2,1H3,(H,20,21,22)/t12-,14+,27?. The lowest BCUT2D eigenvalue weighted by atomic mass is 9.81. The molecule has 3 heterocycles. The number of aromatic nitrogens is 3. The molecule has 3 aliphatic rings. The fourth-order valence-corrected chi connectivity index (χ4v) is 5.91. The number of likely N-dealkylation sites (tertiary alicyclic amines) is 1. The highest BCUT2D eigenvalue weighted by Crippen LogP contribution is 2.37. The molecule has 7 nitrogen and oxygen atoms in total. The average molecular weight is 388 g/mol. The third-order valence-corrected chi connectivity index (χ3v) is 8.13. The second-order valence-corrected chi connectivity index (χ2v) is 9.99. The van der Waals surface area contributed by atoms with Crippen LogP contribution in [0.1, 0.15) is 25.7 Å². The Labute approximate surface area is 161 Å². The van der Waals surface area contributed by atoms with Gasteiger partial charge in [-0.2, -0.15) is 0 Å². The second kappa shape index (κ2) is 6.67. The highest BCUT2D eigenvalue weighted by atomic mass is 32.2. The summed E-state index contributed by atoms with van der Waals surface area (Å²) in [4.78, 5) is 27.9. The number of H-pyrrole nitrogens is 1. The number of aromatic amines is 1. The van der Waals surface area contributed by atoms with Crippen LogP contribution in [-0.2, 0) is 16.0 Å². The summed E-state index contributed by atoms with van der Waals surface area (Å²) < 4.78 is 12.6. The Morgan fingerprint density at radius 1 is 1.37 bits per heavy atom. The molecule has 2 saturated carbocycles. The van der Waals surface area contributed by atoms with Crippen LogP contribution in [0.4, 0.5) is 5.82 Å². The van der Waals surface area contributed by atoms with Crippen LogP contribution in [0.2, 0.25) is 0 Å². The number of fused-ring (bicyclic) bond motifs is 1. The van der Waals surface area contributed by atoms with E-state index in [4.69, 9.17) is 0 Å². The Morgan fingerprint density at radius 2 is 2.15 bits per heavy atom. The molecule has 1 N–H and O–H groups in total. The monoisotopic (exact) mass is 387 g/mol. The summed E-state index contributed by atoms with van der Waals surface area (Å²) in [7, 11) is 2.08. The minimum absolute atomic E-state index is 0.186. The van der Waals surface area contributed by atoms with E-state index >= 15 is 0 Å². The van der Waals surface area contributed by atoms with Crippen molar-refractivity contribution in [3.05, 3.63) is 18.6 Å². The van der Waals surface area contributed by atoms with Crippen molar-refractivity contribution in [2.45, 2.75) is 37.0 Å².